The molecule has 33 heavy (non-hydrogen) atoms. The average molecular weight is 450 g/mol. The predicted octanol–water partition coefficient (Wildman–Crippen LogP) is 1.28. The fraction of sp³-hybridized carbons (Fsp3) is 0.391. The smallest absolute Gasteiger partial charge is 0.263 e. The third-order valence-corrected chi connectivity index (χ3v) is 5.98. The maximum atomic E-state index is 11.5. The molecular weight excluding hydrogens is 422 g/mol. The summed E-state index contributed by atoms with van der Waals surface area (Å²) in [5, 5.41) is 15.7. The highest BCUT2D eigenvalue weighted by Gasteiger charge is 2.20. The first kappa shape index (κ1) is 21.4. The highest BCUT2D eigenvalue weighted by molar-refractivity contribution is 5.94. The number of piperazine rings is 1. The minimum atomic E-state index is -0.172. The standard InChI is InChI=1S/C23H27N7O3/c1-32-17-3-4-19-18(12-17)20(14-25-28-19)30-10-8-29(9-11-30)7-6-24-13-16-2-5-21-23(26-16)27-22(31)15-33-21/h2-5,12,14,24H,6-11,13,15H2,1H3,(H,26,27,31). The van der Waals surface area contributed by atoms with E-state index in [0.29, 0.717) is 18.1 Å². The Morgan fingerprint density at radius 2 is 2.06 bits per heavy atom. The third kappa shape index (κ3) is 4.81. The van der Waals surface area contributed by atoms with Crippen molar-refractivity contribution in [3.8, 4) is 11.5 Å². The van der Waals surface area contributed by atoms with Crippen LogP contribution in [0.2, 0.25) is 0 Å². The van der Waals surface area contributed by atoms with Gasteiger partial charge < -0.3 is 25.0 Å². The molecule has 10 heteroatoms. The van der Waals surface area contributed by atoms with Gasteiger partial charge in [0.15, 0.2) is 18.2 Å². The minimum absolute atomic E-state index is 0.0433. The minimum Gasteiger partial charge on any atom is -0.497 e. The van der Waals surface area contributed by atoms with Crippen LogP contribution < -0.4 is 25.0 Å². The van der Waals surface area contributed by atoms with E-state index in [0.717, 1.165) is 67.3 Å². The van der Waals surface area contributed by atoms with Gasteiger partial charge in [0.2, 0.25) is 0 Å². The lowest BCUT2D eigenvalue weighted by molar-refractivity contribution is -0.118. The molecule has 2 N–H and O–H groups in total. The molecule has 10 nitrogen and oxygen atoms in total. The van der Waals surface area contributed by atoms with Crippen LogP contribution in [-0.2, 0) is 11.3 Å². The van der Waals surface area contributed by atoms with Crippen LogP contribution in [-0.4, -0.2) is 79.0 Å². The number of pyridine rings is 1. The summed E-state index contributed by atoms with van der Waals surface area (Å²) in [6.45, 7) is 6.33. The molecule has 2 aromatic heterocycles. The number of aromatic nitrogens is 3. The molecule has 1 aromatic carbocycles. The molecule has 0 unspecified atom stereocenters. The first-order valence-corrected chi connectivity index (χ1v) is 11.1. The van der Waals surface area contributed by atoms with E-state index < -0.39 is 0 Å². The normalized spacial score (nSPS) is 16.3. The van der Waals surface area contributed by atoms with Crippen molar-refractivity contribution in [1.29, 1.82) is 0 Å². The van der Waals surface area contributed by atoms with Crippen LogP contribution in [0.25, 0.3) is 10.9 Å². The fourth-order valence-corrected chi connectivity index (χ4v) is 4.17. The number of methoxy groups -OCH3 is 1. The fourth-order valence-electron chi connectivity index (χ4n) is 4.17. The molecule has 0 bridgehead atoms. The van der Waals surface area contributed by atoms with Crippen LogP contribution in [0, 0.1) is 0 Å². The number of fused-ring (bicyclic) bond motifs is 2. The molecule has 2 aliphatic heterocycles. The lowest BCUT2D eigenvalue weighted by Crippen LogP contribution is -2.48. The predicted molar refractivity (Wildman–Crippen MR) is 125 cm³/mol. The number of nitrogens with zero attached hydrogens (tertiary/aromatic N) is 5. The van der Waals surface area contributed by atoms with E-state index in [1.807, 2.05) is 36.5 Å². The van der Waals surface area contributed by atoms with Gasteiger partial charge in [-0.25, -0.2) is 4.98 Å². The third-order valence-electron chi connectivity index (χ3n) is 5.98. The number of rotatable bonds is 7. The van der Waals surface area contributed by atoms with E-state index in [-0.39, 0.29) is 12.5 Å². The van der Waals surface area contributed by atoms with E-state index in [1.54, 1.807) is 7.11 Å². The van der Waals surface area contributed by atoms with Crippen LogP contribution in [0.4, 0.5) is 11.5 Å². The summed E-state index contributed by atoms with van der Waals surface area (Å²) < 4.78 is 10.7. The Morgan fingerprint density at radius 3 is 2.91 bits per heavy atom. The zero-order valence-electron chi connectivity index (χ0n) is 18.6. The number of benzene rings is 1. The van der Waals surface area contributed by atoms with Crippen molar-refractivity contribution in [2.45, 2.75) is 6.54 Å². The van der Waals surface area contributed by atoms with Crippen molar-refractivity contribution in [1.82, 2.24) is 25.4 Å². The van der Waals surface area contributed by atoms with Gasteiger partial charge in [-0.1, -0.05) is 0 Å². The number of amides is 1. The lowest BCUT2D eigenvalue weighted by Gasteiger charge is -2.36. The van der Waals surface area contributed by atoms with Gasteiger partial charge in [0.25, 0.3) is 5.91 Å². The zero-order valence-corrected chi connectivity index (χ0v) is 18.6. The summed E-state index contributed by atoms with van der Waals surface area (Å²) in [7, 11) is 1.68. The Labute approximate surface area is 191 Å². The molecule has 0 saturated carbocycles. The van der Waals surface area contributed by atoms with E-state index in [1.165, 1.54) is 0 Å². The summed E-state index contributed by atoms with van der Waals surface area (Å²) in [6.07, 6.45) is 1.85. The van der Waals surface area contributed by atoms with E-state index in [2.05, 4.69) is 35.6 Å². The Morgan fingerprint density at radius 1 is 1.18 bits per heavy atom. The second-order valence-corrected chi connectivity index (χ2v) is 8.10. The second kappa shape index (κ2) is 9.55. The van der Waals surface area contributed by atoms with Crippen LogP contribution >= 0.6 is 0 Å². The van der Waals surface area contributed by atoms with E-state index in [4.69, 9.17) is 9.47 Å². The van der Waals surface area contributed by atoms with Crippen LogP contribution in [0.1, 0.15) is 5.69 Å². The monoisotopic (exact) mass is 449 g/mol. The van der Waals surface area contributed by atoms with Gasteiger partial charge in [-0.3, -0.25) is 9.69 Å². The molecule has 1 fully saturated rings. The molecule has 5 rings (SSSR count). The molecule has 0 atom stereocenters. The molecular formula is C23H27N7O3. The SMILES string of the molecule is COc1ccc2nncc(N3CCN(CCNCc4ccc5c(n4)NC(=O)CO5)CC3)c2c1. The second-order valence-electron chi connectivity index (χ2n) is 8.10. The van der Waals surface area contributed by atoms with Crippen molar-refractivity contribution >= 4 is 28.3 Å². The van der Waals surface area contributed by atoms with Crippen molar-refractivity contribution in [3.05, 3.63) is 42.2 Å². The quantitative estimate of drug-likeness (QED) is 0.516. The van der Waals surface area contributed by atoms with Gasteiger partial charge in [0, 0.05) is 51.2 Å². The largest absolute Gasteiger partial charge is 0.497 e. The summed E-state index contributed by atoms with van der Waals surface area (Å²) in [6, 6.07) is 9.66. The number of nitrogens with one attached hydrogen (secondary N) is 2. The maximum absolute atomic E-state index is 11.5. The number of hydrogen-bond donors (Lipinski definition) is 2. The highest BCUT2D eigenvalue weighted by Crippen LogP contribution is 2.28. The van der Waals surface area contributed by atoms with Crippen molar-refractivity contribution < 1.29 is 14.3 Å². The summed E-state index contributed by atoms with van der Waals surface area (Å²) >= 11 is 0. The van der Waals surface area contributed by atoms with E-state index in [9.17, 15) is 4.79 Å². The molecule has 0 spiro atoms. The zero-order chi connectivity index (χ0) is 22.6. The molecule has 0 aliphatic carbocycles. The Hall–Kier alpha value is -3.50. The molecule has 4 heterocycles. The van der Waals surface area contributed by atoms with Crippen LogP contribution in [0.5, 0.6) is 11.5 Å². The number of carbonyl (C=O) groups is 1. The van der Waals surface area contributed by atoms with Gasteiger partial charge in [0.1, 0.15) is 5.75 Å². The van der Waals surface area contributed by atoms with Crippen LogP contribution in [0.15, 0.2) is 36.5 Å². The lowest BCUT2D eigenvalue weighted by atomic mass is 10.1. The van der Waals surface area contributed by atoms with Gasteiger partial charge in [-0.15, -0.1) is 0 Å². The van der Waals surface area contributed by atoms with Crippen molar-refractivity contribution in [3.63, 3.8) is 0 Å². The molecule has 172 valence electrons. The number of ether oxygens (including phenoxy) is 2. The number of anilines is 2. The Kier molecular flexibility index (Phi) is 6.18. The summed E-state index contributed by atoms with van der Waals surface area (Å²) in [4.78, 5) is 20.8. The maximum Gasteiger partial charge on any atom is 0.263 e. The van der Waals surface area contributed by atoms with Crippen LogP contribution in [0.3, 0.4) is 0 Å². The molecule has 2 aliphatic rings. The molecule has 1 saturated heterocycles. The average Bonchev–Trinajstić information content (AvgIpc) is 2.86. The summed E-state index contributed by atoms with van der Waals surface area (Å²) in [5.41, 5.74) is 2.85. The van der Waals surface area contributed by atoms with Crippen molar-refractivity contribution in [2.24, 2.45) is 0 Å². The van der Waals surface area contributed by atoms with Gasteiger partial charge in [-0.2, -0.15) is 10.2 Å². The molecule has 3 aromatic rings. The van der Waals surface area contributed by atoms with E-state index >= 15 is 0 Å². The Bertz CT molecular complexity index is 1150. The van der Waals surface area contributed by atoms with Gasteiger partial charge in [0.05, 0.1) is 30.2 Å². The van der Waals surface area contributed by atoms with Gasteiger partial charge in [-0.05, 0) is 30.3 Å². The topological polar surface area (TPSA) is 105 Å². The van der Waals surface area contributed by atoms with Gasteiger partial charge >= 0.3 is 0 Å². The molecule has 1 amide bonds. The number of carbonyl (C=O) groups excluding carboxylic acids is 1. The number of hydrogen-bond acceptors (Lipinski definition) is 9. The first-order valence-electron chi connectivity index (χ1n) is 11.1. The molecule has 0 radical (unpaired) electrons. The van der Waals surface area contributed by atoms with Crippen molar-refractivity contribution in [2.75, 3.05) is 63.2 Å². The first-order chi connectivity index (χ1) is 16.2. The highest BCUT2D eigenvalue weighted by atomic mass is 16.5. The Balaban J connectivity index is 1.11. The summed E-state index contributed by atoms with van der Waals surface area (Å²) in [5.74, 6) is 1.77.